The Balaban J connectivity index is 1.39. The minimum Gasteiger partial charge on any atom is -0.368 e. The van der Waals surface area contributed by atoms with Crippen LogP contribution in [0.4, 0.5) is 5.69 Å². The van der Waals surface area contributed by atoms with Gasteiger partial charge in [0.25, 0.3) is 10.0 Å². The van der Waals surface area contributed by atoms with Gasteiger partial charge in [0.1, 0.15) is 0 Å². The lowest BCUT2D eigenvalue weighted by Gasteiger charge is -2.36. The maximum Gasteiger partial charge on any atom is 0.283 e. The average molecular weight is 447 g/mol. The molecule has 32 heavy (non-hydrogen) atoms. The molecule has 2 heterocycles. The second kappa shape index (κ2) is 8.41. The Kier molecular flexibility index (Phi) is 5.45. The van der Waals surface area contributed by atoms with Gasteiger partial charge >= 0.3 is 0 Å². The normalized spacial score (nSPS) is 15.3. The average Bonchev–Trinajstić information content (AvgIpc) is 3.26. The summed E-state index contributed by atoms with van der Waals surface area (Å²) in [4.78, 5) is 5.03. The Hall–Kier alpha value is -3.16. The van der Waals surface area contributed by atoms with E-state index >= 15 is 0 Å². The first kappa shape index (κ1) is 20.7. The molecule has 0 radical (unpaired) electrons. The van der Waals surface area contributed by atoms with Crippen LogP contribution in [-0.2, 0) is 16.6 Å². The van der Waals surface area contributed by atoms with Crippen LogP contribution >= 0.6 is 0 Å². The molecule has 1 aliphatic rings. The largest absolute Gasteiger partial charge is 0.368 e. The number of hydrogen-bond donors (Lipinski definition) is 0. The van der Waals surface area contributed by atoms with Crippen LogP contribution < -0.4 is 4.90 Å². The highest BCUT2D eigenvalue weighted by atomic mass is 32.2. The Labute approximate surface area is 188 Å². The predicted molar refractivity (Wildman–Crippen MR) is 127 cm³/mol. The number of anilines is 1. The third-order valence-electron chi connectivity index (χ3n) is 6.07. The quantitative estimate of drug-likeness (QED) is 0.465. The van der Waals surface area contributed by atoms with Crippen molar-refractivity contribution in [3.63, 3.8) is 0 Å². The van der Waals surface area contributed by atoms with E-state index < -0.39 is 10.0 Å². The molecule has 3 aromatic carbocycles. The molecule has 1 saturated heterocycles. The molecule has 1 aromatic heterocycles. The molecule has 0 bridgehead atoms. The van der Waals surface area contributed by atoms with Gasteiger partial charge in [-0.05, 0) is 36.8 Å². The Morgan fingerprint density at radius 3 is 2.28 bits per heavy atom. The molecule has 5 rings (SSSR count). The highest BCUT2D eigenvalue weighted by molar-refractivity contribution is 7.90. The Morgan fingerprint density at radius 2 is 1.56 bits per heavy atom. The number of benzene rings is 3. The lowest BCUT2D eigenvalue weighted by Crippen LogP contribution is -2.46. The molecule has 0 spiro atoms. The van der Waals surface area contributed by atoms with Gasteiger partial charge in [-0.1, -0.05) is 54.1 Å². The van der Waals surface area contributed by atoms with Gasteiger partial charge in [-0.25, -0.2) is 0 Å². The topological polar surface area (TPSA) is 58.4 Å². The lowest BCUT2D eigenvalue weighted by atomic mass is 10.1. The Bertz CT molecular complexity index is 1320. The molecular weight excluding hydrogens is 420 g/mol. The van der Waals surface area contributed by atoms with E-state index in [1.807, 2.05) is 25.1 Å². The zero-order valence-corrected chi connectivity index (χ0v) is 18.9. The van der Waals surface area contributed by atoms with Crippen LogP contribution in [-0.4, -0.2) is 48.7 Å². The molecule has 0 aliphatic carbocycles. The first-order chi connectivity index (χ1) is 15.5. The van der Waals surface area contributed by atoms with Crippen molar-refractivity contribution in [3.05, 3.63) is 90.1 Å². The fourth-order valence-corrected chi connectivity index (χ4v) is 5.55. The van der Waals surface area contributed by atoms with Crippen molar-refractivity contribution in [2.75, 3.05) is 31.1 Å². The molecule has 7 heteroatoms. The van der Waals surface area contributed by atoms with Crippen LogP contribution in [0.25, 0.3) is 10.9 Å². The predicted octanol–water partition coefficient (Wildman–Crippen LogP) is 3.90. The number of fused-ring (bicyclic) bond motifs is 1. The maximum atomic E-state index is 13.2. The van der Waals surface area contributed by atoms with E-state index in [4.69, 9.17) is 0 Å². The van der Waals surface area contributed by atoms with Crippen LogP contribution in [0.3, 0.4) is 0 Å². The molecule has 0 saturated carbocycles. The molecule has 1 fully saturated rings. The number of aryl methyl sites for hydroxylation is 1. The summed E-state index contributed by atoms with van der Waals surface area (Å²) in [5.41, 5.74) is 3.98. The minimum atomic E-state index is -3.75. The van der Waals surface area contributed by atoms with Crippen molar-refractivity contribution < 1.29 is 8.42 Å². The molecule has 0 amide bonds. The summed E-state index contributed by atoms with van der Waals surface area (Å²) in [6.45, 7) is 6.59. The number of piperazine rings is 1. The fraction of sp³-hybridized carbons (Fsp3) is 0.240. The Morgan fingerprint density at radius 1 is 0.844 bits per heavy atom. The molecule has 0 unspecified atom stereocenters. The highest BCUT2D eigenvalue weighted by Gasteiger charge is 2.24. The second-order valence-electron chi connectivity index (χ2n) is 8.26. The standard InChI is InChI=1S/C25H26N4O2S/c1-20-10-12-22(13-11-20)32(30,31)29-25-9-5-8-24(23(25)18-26-29)28-16-14-27(15-17-28)19-21-6-3-2-4-7-21/h2-13,18H,14-17,19H2,1H3. The van der Waals surface area contributed by atoms with Gasteiger partial charge in [-0.3, -0.25) is 4.90 Å². The van der Waals surface area contributed by atoms with Crippen molar-refractivity contribution >= 4 is 26.6 Å². The number of rotatable bonds is 5. The van der Waals surface area contributed by atoms with Crippen LogP contribution in [0.5, 0.6) is 0 Å². The van der Waals surface area contributed by atoms with Crippen LogP contribution in [0.15, 0.2) is 83.9 Å². The molecule has 6 nitrogen and oxygen atoms in total. The number of hydrogen-bond acceptors (Lipinski definition) is 5. The van der Waals surface area contributed by atoms with Gasteiger partial charge in [0, 0.05) is 43.8 Å². The van der Waals surface area contributed by atoms with E-state index in [1.165, 1.54) is 5.56 Å². The zero-order chi connectivity index (χ0) is 22.1. The second-order valence-corrected chi connectivity index (χ2v) is 10.0. The number of nitrogens with zero attached hydrogens (tertiary/aromatic N) is 4. The smallest absolute Gasteiger partial charge is 0.283 e. The minimum absolute atomic E-state index is 0.244. The van der Waals surface area contributed by atoms with E-state index in [0.29, 0.717) is 5.52 Å². The fourth-order valence-electron chi connectivity index (χ4n) is 4.28. The van der Waals surface area contributed by atoms with E-state index in [2.05, 4.69) is 45.2 Å². The SMILES string of the molecule is Cc1ccc(S(=O)(=O)n2ncc3c(N4CCN(Cc5ccccc5)CC4)cccc32)cc1. The van der Waals surface area contributed by atoms with E-state index in [1.54, 1.807) is 30.5 Å². The van der Waals surface area contributed by atoms with Crippen molar-refractivity contribution in [1.82, 2.24) is 14.1 Å². The van der Waals surface area contributed by atoms with E-state index in [9.17, 15) is 8.42 Å². The van der Waals surface area contributed by atoms with Crippen LogP contribution in [0.1, 0.15) is 11.1 Å². The van der Waals surface area contributed by atoms with Crippen molar-refractivity contribution in [3.8, 4) is 0 Å². The van der Waals surface area contributed by atoms with Gasteiger partial charge in [0.2, 0.25) is 0 Å². The summed E-state index contributed by atoms with van der Waals surface area (Å²) in [5.74, 6) is 0. The molecule has 4 aromatic rings. The van der Waals surface area contributed by atoms with Gasteiger partial charge in [0.15, 0.2) is 0 Å². The van der Waals surface area contributed by atoms with Crippen molar-refractivity contribution in [2.45, 2.75) is 18.4 Å². The van der Waals surface area contributed by atoms with E-state index in [0.717, 1.165) is 53.4 Å². The van der Waals surface area contributed by atoms with Crippen molar-refractivity contribution in [2.24, 2.45) is 0 Å². The molecule has 1 aliphatic heterocycles. The third-order valence-corrected chi connectivity index (χ3v) is 7.68. The van der Waals surface area contributed by atoms with Gasteiger partial charge in [0.05, 0.1) is 16.6 Å². The van der Waals surface area contributed by atoms with Crippen LogP contribution in [0, 0.1) is 6.92 Å². The zero-order valence-electron chi connectivity index (χ0n) is 18.1. The summed E-state index contributed by atoms with van der Waals surface area (Å²) in [7, 11) is -3.75. The summed E-state index contributed by atoms with van der Waals surface area (Å²) >= 11 is 0. The number of aromatic nitrogens is 2. The summed E-state index contributed by atoms with van der Waals surface area (Å²) < 4.78 is 27.6. The molecule has 0 N–H and O–H groups in total. The van der Waals surface area contributed by atoms with Crippen LogP contribution in [0.2, 0.25) is 0 Å². The van der Waals surface area contributed by atoms with Crippen molar-refractivity contribution in [1.29, 1.82) is 0 Å². The summed E-state index contributed by atoms with van der Waals surface area (Å²) in [6.07, 6.45) is 1.67. The molecule has 164 valence electrons. The third kappa shape index (κ3) is 3.89. The summed E-state index contributed by atoms with van der Waals surface area (Å²) in [5, 5.41) is 5.14. The van der Waals surface area contributed by atoms with Gasteiger partial charge < -0.3 is 4.90 Å². The summed E-state index contributed by atoms with van der Waals surface area (Å²) in [6, 6.07) is 23.2. The van der Waals surface area contributed by atoms with E-state index in [-0.39, 0.29) is 4.90 Å². The lowest BCUT2D eigenvalue weighted by molar-refractivity contribution is 0.250. The first-order valence-electron chi connectivity index (χ1n) is 10.8. The highest BCUT2D eigenvalue weighted by Crippen LogP contribution is 2.29. The van der Waals surface area contributed by atoms with Gasteiger partial charge in [-0.2, -0.15) is 17.6 Å². The molecular formula is C25H26N4O2S. The first-order valence-corrected chi connectivity index (χ1v) is 12.3. The van der Waals surface area contributed by atoms with Gasteiger partial charge in [-0.15, -0.1) is 0 Å². The maximum absolute atomic E-state index is 13.2. The monoisotopic (exact) mass is 446 g/mol. The molecule has 0 atom stereocenters.